The summed E-state index contributed by atoms with van der Waals surface area (Å²) in [6, 6.07) is 8.30. The van der Waals surface area contributed by atoms with Crippen molar-refractivity contribution >= 4 is 28.3 Å². The Bertz CT molecular complexity index is 805. The van der Waals surface area contributed by atoms with Crippen LogP contribution in [0.2, 0.25) is 0 Å². The molecule has 4 heteroatoms. The van der Waals surface area contributed by atoms with Gasteiger partial charge in [-0.15, -0.1) is 0 Å². The van der Waals surface area contributed by atoms with Gasteiger partial charge in [-0.1, -0.05) is 25.7 Å². The van der Waals surface area contributed by atoms with Gasteiger partial charge in [0.1, 0.15) is 5.82 Å². The largest absolute Gasteiger partial charge is 0.357 e. The molecule has 1 aromatic carbocycles. The van der Waals surface area contributed by atoms with Gasteiger partial charge in [0.05, 0.1) is 5.52 Å². The van der Waals surface area contributed by atoms with Crippen molar-refractivity contribution in [3.8, 4) is 0 Å². The summed E-state index contributed by atoms with van der Waals surface area (Å²) in [4.78, 5) is 19.6. The molecule has 1 aliphatic carbocycles. The van der Waals surface area contributed by atoms with Crippen LogP contribution in [0.5, 0.6) is 0 Å². The van der Waals surface area contributed by atoms with E-state index in [2.05, 4.69) is 29.3 Å². The summed E-state index contributed by atoms with van der Waals surface area (Å²) >= 11 is 0. The van der Waals surface area contributed by atoms with Crippen LogP contribution in [0.3, 0.4) is 0 Å². The molecule has 2 aliphatic rings. The van der Waals surface area contributed by atoms with Crippen LogP contribution in [-0.2, 0) is 4.79 Å². The van der Waals surface area contributed by atoms with Crippen molar-refractivity contribution in [2.45, 2.75) is 64.7 Å². The predicted octanol–water partition coefficient (Wildman–Crippen LogP) is 5.44. The van der Waals surface area contributed by atoms with Crippen LogP contribution < -0.4 is 10.2 Å². The van der Waals surface area contributed by atoms with E-state index in [1.807, 2.05) is 12.1 Å². The number of nitrogens with one attached hydrogen (secondary N) is 1. The van der Waals surface area contributed by atoms with Gasteiger partial charge in [-0.3, -0.25) is 4.79 Å². The summed E-state index contributed by atoms with van der Waals surface area (Å²) in [5.74, 6) is 1.98. The summed E-state index contributed by atoms with van der Waals surface area (Å²) in [5, 5.41) is 4.22. The van der Waals surface area contributed by atoms with Crippen molar-refractivity contribution in [3.63, 3.8) is 0 Å². The first-order valence-corrected chi connectivity index (χ1v) is 10.7. The van der Waals surface area contributed by atoms with E-state index < -0.39 is 0 Å². The minimum atomic E-state index is 0.136. The number of aryl methyl sites for hydroxylation is 1. The number of benzene rings is 1. The number of pyridine rings is 1. The lowest BCUT2D eigenvalue weighted by atomic mass is 10.0. The van der Waals surface area contributed by atoms with Gasteiger partial charge in [-0.25, -0.2) is 4.98 Å². The average Bonchev–Trinajstić information content (AvgIpc) is 3.21. The molecule has 144 valence electrons. The van der Waals surface area contributed by atoms with Crippen LogP contribution in [0.4, 0.5) is 11.5 Å². The molecule has 0 bridgehead atoms. The van der Waals surface area contributed by atoms with Gasteiger partial charge >= 0.3 is 0 Å². The molecule has 2 heterocycles. The number of carbonyl (C=O) groups is 1. The second-order valence-electron chi connectivity index (χ2n) is 8.31. The number of hydrogen-bond donors (Lipinski definition) is 1. The smallest absolute Gasteiger partial charge is 0.224 e. The second kappa shape index (κ2) is 8.28. The Balaban J connectivity index is 1.45. The lowest BCUT2D eigenvalue weighted by Crippen LogP contribution is -2.30. The first kappa shape index (κ1) is 18.3. The second-order valence-corrected chi connectivity index (χ2v) is 8.31. The maximum Gasteiger partial charge on any atom is 0.224 e. The molecular formula is C23H31N3O. The van der Waals surface area contributed by atoms with Crippen molar-refractivity contribution in [1.29, 1.82) is 0 Å². The van der Waals surface area contributed by atoms with Gasteiger partial charge in [0, 0.05) is 30.6 Å². The predicted molar refractivity (Wildman–Crippen MR) is 112 cm³/mol. The average molecular weight is 366 g/mol. The Morgan fingerprint density at radius 3 is 2.67 bits per heavy atom. The number of hydrogen-bond acceptors (Lipinski definition) is 3. The van der Waals surface area contributed by atoms with E-state index in [1.165, 1.54) is 50.5 Å². The summed E-state index contributed by atoms with van der Waals surface area (Å²) in [5.41, 5.74) is 3.12. The third kappa shape index (κ3) is 4.42. The molecule has 0 unspecified atom stereocenters. The van der Waals surface area contributed by atoms with Crippen LogP contribution >= 0.6 is 0 Å². The zero-order valence-corrected chi connectivity index (χ0v) is 16.5. The Labute approximate surface area is 162 Å². The summed E-state index contributed by atoms with van der Waals surface area (Å²) in [6.45, 7) is 4.35. The third-order valence-electron chi connectivity index (χ3n) is 6.22. The molecule has 4 rings (SSSR count). The zero-order valence-electron chi connectivity index (χ0n) is 16.5. The molecule has 0 atom stereocenters. The number of anilines is 2. The minimum Gasteiger partial charge on any atom is -0.357 e. The maximum atomic E-state index is 12.3. The Morgan fingerprint density at radius 1 is 1.11 bits per heavy atom. The molecule has 1 amide bonds. The van der Waals surface area contributed by atoms with Crippen LogP contribution in [0, 0.1) is 12.8 Å². The summed E-state index contributed by atoms with van der Waals surface area (Å²) in [7, 11) is 0. The van der Waals surface area contributed by atoms with E-state index in [-0.39, 0.29) is 5.91 Å². The van der Waals surface area contributed by atoms with Crippen LogP contribution in [0.15, 0.2) is 24.3 Å². The van der Waals surface area contributed by atoms with Crippen molar-refractivity contribution in [1.82, 2.24) is 4.98 Å². The molecule has 2 fully saturated rings. The van der Waals surface area contributed by atoms with E-state index >= 15 is 0 Å². The van der Waals surface area contributed by atoms with E-state index in [0.717, 1.165) is 47.8 Å². The van der Waals surface area contributed by atoms with E-state index in [9.17, 15) is 4.79 Å². The highest BCUT2D eigenvalue weighted by Crippen LogP contribution is 2.29. The van der Waals surface area contributed by atoms with E-state index in [0.29, 0.717) is 6.42 Å². The van der Waals surface area contributed by atoms with Crippen molar-refractivity contribution in [2.75, 3.05) is 23.3 Å². The van der Waals surface area contributed by atoms with Crippen LogP contribution in [-0.4, -0.2) is 24.0 Å². The van der Waals surface area contributed by atoms with Gasteiger partial charge < -0.3 is 10.2 Å². The summed E-state index contributed by atoms with van der Waals surface area (Å²) < 4.78 is 0. The number of amides is 1. The molecule has 4 nitrogen and oxygen atoms in total. The first-order chi connectivity index (χ1) is 13.2. The van der Waals surface area contributed by atoms with Gasteiger partial charge in [0.2, 0.25) is 5.91 Å². The summed E-state index contributed by atoms with van der Waals surface area (Å²) in [6.07, 6.45) is 10.8. The quantitative estimate of drug-likeness (QED) is 0.767. The number of aromatic nitrogens is 1. The van der Waals surface area contributed by atoms with Crippen LogP contribution in [0.25, 0.3) is 10.9 Å². The van der Waals surface area contributed by atoms with Gasteiger partial charge in [0.25, 0.3) is 0 Å². The molecule has 1 aromatic heterocycles. The topological polar surface area (TPSA) is 45.2 Å². The van der Waals surface area contributed by atoms with E-state index in [1.54, 1.807) is 0 Å². The zero-order chi connectivity index (χ0) is 18.6. The Hall–Kier alpha value is -2.10. The SMILES string of the molecule is Cc1cc(N2CCCCC2)nc2ccc(NC(=O)CCC3CCCC3)cc12. The number of nitrogens with zero attached hydrogens (tertiary/aromatic N) is 2. The standard InChI is InChI=1S/C23H31N3O/c1-17-15-22(26-13-5-2-6-14-26)25-21-11-10-19(16-20(17)21)24-23(27)12-9-18-7-3-4-8-18/h10-11,15-16,18H,2-9,12-14H2,1H3,(H,24,27). The van der Waals surface area contributed by atoms with Gasteiger partial charge in [-0.05, 0) is 68.4 Å². The number of fused-ring (bicyclic) bond motifs is 1. The number of piperidine rings is 1. The molecule has 1 N–H and O–H groups in total. The molecular weight excluding hydrogens is 334 g/mol. The normalized spacial score (nSPS) is 18.2. The minimum absolute atomic E-state index is 0.136. The molecule has 1 saturated carbocycles. The molecule has 2 aromatic rings. The first-order valence-electron chi connectivity index (χ1n) is 10.7. The Morgan fingerprint density at radius 2 is 1.89 bits per heavy atom. The number of carbonyl (C=O) groups excluding carboxylic acids is 1. The fourth-order valence-electron chi connectivity index (χ4n) is 4.60. The highest BCUT2D eigenvalue weighted by Gasteiger charge is 2.17. The molecule has 1 saturated heterocycles. The highest BCUT2D eigenvalue weighted by atomic mass is 16.1. The van der Waals surface area contributed by atoms with Gasteiger partial charge in [-0.2, -0.15) is 0 Å². The molecule has 0 radical (unpaired) electrons. The molecule has 0 spiro atoms. The molecule has 1 aliphatic heterocycles. The fourth-order valence-corrected chi connectivity index (χ4v) is 4.60. The monoisotopic (exact) mass is 365 g/mol. The van der Waals surface area contributed by atoms with Gasteiger partial charge in [0.15, 0.2) is 0 Å². The van der Waals surface area contributed by atoms with Crippen molar-refractivity contribution < 1.29 is 4.79 Å². The fraction of sp³-hybridized carbons (Fsp3) is 0.565. The third-order valence-corrected chi connectivity index (χ3v) is 6.22. The lowest BCUT2D eigenvalue weighted by Gasteiger charge is -2.28. The lowest BCUT2D eigenvalue weighted by molar-refractivity contribution is -0.116. The molecule has 27 heavy (non-hydrogen) atoms. The highest BCUT2D eigenvalue weighted by molar-refractivity contribution is 5.94. The maximum absolute atomic E-state index is 12.3. The van der Waals surface area contributed by atoms with Crippen LogP contribution in [0.1, 0.15) is 63.4 Å². The number of rotatable bonds is 5. The van der Waals surface area contributed by atoms with Crippen molar-refractivity contribution in [3.05, 3.63) is 29.8 Å². The van der Waals surface area contributed by atoms with E-state index in [4.69, 9.17) is 4.98 Å². The van der Waals surface area contributed by atoms with Crippen molar-refractivity contribution in [2.24, 2.45) is 5.92 Å². The Kier molecular flexibility index (Phi) is 5.61.